The average molecular weight is 234 g/mol. The fourth-order valence-electron chi connectivity index (χ4n) is 1.76. The predicted octanol–water partition coefficient (Wildman–Crippen LogP) is 2.87. The van der Waals surface area contributed by atoms with Crippen LogP contribution in [0.3, 0.4) is 0 Å². The second-order valence-electron chi connectivity index (χ2n) is 4.13. The van der Waals surface area contributed by atoms with Crippen molar-refractivity contribution in [3.8, 4) is 0 Å². The molecule has 0 amide bonds. The summed E-state index contributed by atoms with van der Waals surface area (Å²) in [6.45, 7) is -0.198. The lowest BCUT2D eigenvalue weighted by Gasteiger charge is -2.15. The van der Waals surface area contributed by atoms with Crippen LogP contribution in [-0.2, 0) is 11.6 Å². The maximum Gasteiger partial charge on any atom is 0.419 e. The summed E-state index contributed by atoms with van der Waals surface area (Å²) in [7, 11) is 0. The van der Waals surface area contributed by atoms with Crippen molar-refractivity contribution in [2.45, 2.75) is 24.4 Å². The second kappa shape index (κ2) is 3.45. The molecular weight excluding hydrogens is 224 g/mol. The lowest BCUT2D eigenvalue weighted by Crippen LogP contribution is -2.15. The van der Waals surface area contributed by atoms with E-state index in [0.717, 1.165) is 12.1 Å². The topological polar surface area (TPSA) is 20.2 Å². The number of hydrogen-bond donors (Lipinski definition) is 1. The SMILES string of the molecule is OCC1(c2ccc(F)c(C(F)(F)F)c2)CC1. The van der Waals surface area contributed by atoms with Gasteiger partial charge < -0.3 is 5.11 Å². The second-order valence-corrected chi connectivity index (χ2v) is 4.13. The quantitative estimate of drug-likeness (QED) is 0.780. The lowest BCUT2D eigenvalue weighted by atomic mass is 9.95. The Morgan fingerprint density at radius 1 is 1.25 bits per heavy atom. The van der Waals surface area contributed by atoms with E-state index in [-0.39, 0.29) is 6.61 Å². The van der Waals surface area contributed by atoms with Crippen LogP contribution in [-0.4, -0.2) is 11.7 Å². The third kappa shape index (κ3) is 1.80. The summed E-state index contributed by atoms with van der Waals surface area (Å²) in [5.74, 6) is -1.27. The van der Waals surface area contributed by atoms with E-state index in [1.54, 1.807) is 0 Å². The van der Waals surface area contributed by atoms with Crippen LogP contribution < -0.4 is 0 Å². The van der Waals surface area contributed by atoms with Crippen molar-refractivity contribution in [2.24, 2.45) is 0 Å². The van der Waals surface area contributed by atoms with E-state index in [2.05, 4.69) is 0 Å². The molecule has 0 saturated heterocycles. The Morgan fingerprint density at radius 3 is 2.31 bits per heavy atom. The van der Waals surface area contributed by atoms with Gasteiger partial charge in [-0.15, -0.1) is 0 Å². The molecule has 0 unspecified atom stereocenters. The molecule has 2 rings (SSSR count). The monoisotopic (exact) mass is 234 g/mol. The number of rotatable bonds is 2. The van der Waals surface area contributed by atoms with Gasteiger partial charge in [0.15, 0.2) is 0 Å². The molecule has 0 heterocycles. The highest BCUT2D eigenvalue weighted by molar-refractivity contribution is 5.36. The van der Waals surface area contributed by atoms with Gasteiger partial charge in [0, 0.05) is 5.41 Å². The van der Waals surface area contributed by atoms with E-state index in [9.17, 15) is 17.6 Å². The van der Waals surface area contributed by atoms with Gasteiger partial charge in [-0.1, -0.05) is 6.07 Å². The summed E-state index contributed by atoms with van der Waals surface area (Å²) in [4.78, 5) is 0. The summed E-state index contributed by atoms with van der Waals surface area (Å²) in [5, 5.41) is 9.10. The predicted molar refractivity (Wildman–Crippen MR) is 49.4 cm³/mol. The van der Waals surface area contributed by atoms with Crippen molar-refractivity contribution in [3.05, 3.63) is 35.1 Å². The number of alkyl halides is 3. The van der Waals surface area contributed by atoms with E-state index in [1.165, 1.54) is 6.07 Å². The first-order valence-corrected chi connectivity index (χ1v) is 4.87. The molecule has 0 radical (unpaired) electrons. The Balaban J connectivity index is 2.44. The molecule has 1 aliphatic carbocycles. The van der Waals surface area contributed by atoms with E-state index in [1.807, 2.05) is 0 Å². The van der Waals surface area contributed by atoms with Crippen LogP contribution in [0.15, 0.2) is 18.2 Å². The first-order valence-electron chi connectivity index (χ1n) is 4.87. The molecule has 0 aliphatic heterocycles. The van der Waals surface area contributed by atoms with Gasteiger partial charge in [0.1, 0.15) is 5.82 Å². The minimum Gasteiger partial charge on any atom is -0.395 e. The van der Waals surface area contributed by atoms with Crippen LogP contribution in [0.4, 0.5) is 17.6 Å². The molecule has 5 heteroatoms. The van der Waals surface area contributed by atoms with Crippen LogP contribution in [0.1, 0.15) is 24.0 Å². The van der Waals surface area contributed by atoms with Gasteiger partial charge in [-0.2, -0.15) is 13.2 Å². The molecule has 0 spiro atoms. The van der Waals surface area contributed by atoms with E-state index >= 15 is 0 Å². The highest BCUT2D eigenvalue weighted by atomic mass is 19.4. The van der Waals surface area contributed by atoms with Crippen molar-refractivity contribution >= 4 is 0 Å². The van der Waals surface area contributed by atoms with Gasteiger partial charge in [-0.25, -0.2) is 4.39 Å². The molecule has 1 aromatic carbocycles. The highest BCUT2D eigenvalue weighted by Crippen LogP contribution is 2.48. The Kier molecular flexibility index (Phi) is 2.45. The summed E-state index contributed by atoms with van der Waals surface area (Å²) in [6, 6.07) is 2.93. The molecular formula is C11H10F4O. The van der Waals surface area contributed by atoms with Gasteiger partial charge in [0.25, 0.3) is 0 Å². The zero-order chi connectivity index (χ0) is 12.0. The Labute approximate surface area is 89.7 Å². The largest absolute Gasteiger partial charge is 0.419 e. The average Bonchev–Trinajstić information content (AvgIpc) is 2.97. The third-order valence-electron chi connectivity index (χ3n) is 3.04. The zero-order valence-corrected chi connectivity index (χ0v) is 8.31. The van der Waals surface area contributed by atoms with Crippen LogP contribution in [0, 0.1) is 5.82 Å². The fraction of sp³-hybridized carbons (Fsp3) is 0.455. The number of aliphatic hydroxyl groups is 1. The first kappa shape index (κ1) is 11.4. The number of halogens is 4. The summed E-state index contributed by atoms with van der Waals surface area (Å²) in [6.07, 6.45) is -3.40. The van der Waals surface area contributed by atoms with Gasteiger partial charge in [0.05, 0.1) is 12.2 Å². The van der Waals surface area contributed by atoms with Gasteiger partial charge in [-0.3, -0.25) is 0 Å². The van der Waals surface area contributed by atoms with Gasteiger partial charge in [-0.05, 0) is 30.5 Å². The van der Waals surface area contributed by atoms with Crippen molar-refractivity contribution < 1.29 is 22.7 Å². The molecule has 16 heavy (non-hydrogen) atoms. The highest BCUT2D eigenvalue weighted by Gasteiger charge is 2.45. The van der Waals surface area contributed by atoms with Crippen LogP contribution >= 0.6 is 0 Å². The molecule has 0 aromatic heterocycles. The standard InChI is InChI=1S/C11H10F4O/c12-9-2-1-7(10(6-16)3-4-10)5-8(9)11(13,14)15/h1-2,5,16H,3-4,6H2. The Bertz CT molecular complexity index is 407. The molecule has 1 nitrogen and oxygen atoms in total. The van der Waals surface area contributed by atoms with E-state index in [4.69, 9.17) is 5.11 Å². The Hall–Kier alpha value is -1.10. The normalized spacial score (nSPS) is 18.6. The summed E-state index contributed by atoms with van der Waals surface area (Å²) < 4.78 is 50.3. The van der Waals surface area contributed by atoms with E-state index < -0.39 is 23.0 Å². The van der Waals surface area contributed by atoms with Crippen LogP contribution in [0.25, 0.3) is 0 Å². The fourth-order valence-corrected chi connectivity index (χ4v) is 1.76. The smallest absolute Gasteiger partial charge is 0.395 e. The van der Waals surface area contributed by atoms with Crippen LogP contribution in [0.5, 0.6) is 0 Å². The molecule has 1 fully saturated rings. The minimum atomic E-state index is -4.69. The van der Waals surface area contributed by atoms with Crippen molar-refractivity contribution in [1.29, 1.82) is 0 Å². The summed E-state index contributed by atoms with van der Waals surface area (Å²) >= 11 is 0. The molecule has 1 saturated carbocycles. The van der Waals surface area contributed by atoms with Crippen molar-refractivity contribution in [1.82, 2.24) is 0 Å². The van der Waals surface area contributed by atoms with Crippen LogP contribution in [0.2, 0.25) is 0 Å². The number of benzene rings is 1. The van der Waals surface area contributed by atoms with Crippen molar-refractivity contribution in [3.63, 3.8) is 0 Å². The molecule has 0 atom stereocenters. The van der Waals surface area contributed by atoms with Gasteiger partial charge in [0.2, 0.25) is 0 Å². The first-order chi connectivity index (χ1) is 7.39. The van der Waals surface area contributed by atoms with E-state index in [0.29, 0.717) is 18.4 Å². The maximum atomic E-state index is 13.0. The lowest BCUT2D eigenvalue weighted by molar-refractivity contribution is -0.140. The Morgan fingerprint density at radius 2 is 1.88 bits per heavy atom. The number of aliphatic hydroxyl groups excluding tert-OH is 1. The molecule has 1 aromatic rings. The molecule has 0 bridgehead atoms. The zero-order valence-electron chi connectivity index (χ0n) is 8.31. The third-order valence-corrected chi connectivity index (χ3v) is 3.04. The molecule has 1 aliphatic rings. The number of hydrogen-bond acceptors (Lipinski definition) is 1. The molecule has 1 N–H and O–H groups in total. The maximum absolute atomic E-state index is 13.0. The van der Waals surface area contributed by atoms with Crippen molar-refractivity contribution in [2.75, 3.05) is 6.61 Å². The molecule has 88 valence electrons. The minimum absolute atomic E-state index is 0.198. The summed E-state index contributed by atoms with van der Waals surface area (Å²) in [5.41, 5.74) is -1.47. The van der Waals surface area contributed by atoms with Gasteiger partial charge >= 0.3 is 6.18 Å².